The molecule has 0 saturated heterocycles. The molecule has 0 aromatic heterocycles. The second-order valence-electron chi connectivity index (χ2n) is 12.2. The number of guanidine groups is 1. The molecule has 4 aliphatic rings. The lowest BCUT2D eigenvalue weighted by Gasteiger charge is -2.44. The minimum absolute atomic E-state index is 0.0137. The first-order valence-electron chi connectivity index (χ1n) is 13.7. The van der Waals surface area contributed by atoms with Gasteiger partial charge in [-0.15, -0.1) is 0 Å². The highest BCUT2D eigenvalue weighted by atomic mass is 16.6. The molecule has 3 unspecified atom stereocenters. The van der Waals surface area contributed by atoms with E-state index in [2.05, 4.69) is 19.9 Å². The van der Waals surface area contributed by atoms with Gasteiger partial charge in [0.2, 0.25) is 11.8 Å². The molecule has 2 heterocycles. The molecule has 0 radical (unpaired) electrons. The van der Waals surface area contributed by atoms with Crippen molar-refractivity contribution in [2.24, 2.45) is 28.3 Å². The largest absolute Gasteiger partial charge is 0.485 e. The third kappa shape index (κ3) is 4.28. The van der Waals surface area contributed by atoms with E-state index < -0.39 is 17.0 Å². The first-order chi connectivity index (χ1) is 17.8. The number of carbonyl (C=O) groups excluding carboxylic acids is 2. The van der Waals surface area contributed by atoms with Gasteiger partial charge in [-0.3, -0.25) is 14.5 Å². The molecule has 6 atom stereocenters. The monoisotopic (exact) mass is 520 g/mol. The third-order valence-electron chi connectivity index (χ3n) is 9.03. The van der Waals surface area contributed by atoms with Crippen LogP contribution in [0.4, 0.5) is 0 Å². The number of rotatable bonds is 5. The average Bonchev–Trinajstić information content (AvgIpc) is 3.14. The summed E-state index contributed by atoms with van der Waals surface area (Å²) in [4.78, 5) is 32.5. The van der Waals surface area contributed by atoms with E-state index in [1.165, 1.54) is 0 Å². The van der Waals surface area contributed by atoms with E-state index in [4.69, 9.17) is 25.9 Å². The maximum absolute atomic E-state index is 13.3. The van der Waals surface area contributed by atoms with E-state index in [1.807, 2.05) is 52.0 Å². The fourth-order valence-electron chi connectivity index (χ4n) is 6.88. The number of amides is 2. The summed E-state index contributed by atoms with van der Waals surface area (Å²) < 4.78 is 13.0. The van der Waals surface area contributed by atoms with Crippen LogP contribution < -0.4 is 16.2 Å². The maximum atomic E-state index is 13.3. The second-order valence-corrected chi connectivity index (χ2v) is 12.2. The molecule has 1 aromatic rings. The van der Waals surface area contributed by atoms with E-state index in [-0.39, 0.29) is 41.8 Å². The van der Waals surface area contributed by atoms with E-state index in [9.17, 15) is 9.59 Å². The van der Waals surface area contributed by atoms with Crippen LogP contribution in [0, 0.1) is 11.8 Å². The Bertz CT molecular complexity index is 1260. The first-order valence-corrected chi connectivity index (χ1v) is 13.7. The van der Waals surface area contributed by atoms with Crippen molar-refractivity contribution in [2.45, 2.75) is 96.4 Å². The number of nitrogens with two attached hydrogens (primary N) is 2. The summed E-state index contributed by atoms with van der Waals surface area (Å²) in [6.07, 6.45) is 3.88. The molecule has 1 fully saturated rings. The van der Waals surface area contributed by atoms with Gasteiger partial charge in [-0.1, -0.05) is 44.5 Å². The fourth-order valence-corrected chi connectivity index (χ4v) is 6.88. The van der Waals surface area contributed by atoms with Crippen molar-refractivity contribution in [1.82, 2.24) is 4.90 Å². The van der Waals surface area contributed by atoms with Crippen LogP contribution in [0.15, 0.2) is 52.2 Å². The van der Waals surface area contributed by atoms with Crippen LogP contribution in [0.3, 0.4) is 0 Å². The summed E-state index contributed by atoms with van der Waals surface area (Å²) in [6.45, 7) is 12.2. The number of ether oxygens (including phenoxy) is 2. The predicted molar refractivity (Wildman–Crippen MR) is 146 cm³/mol. The zero-order valence-corrected chi connectivity index (χ0v) is 23.3. The smallest absolute Gasteiger partial charge is 0.248 e. The lowest BCUT2D eigenvalue weighted by atomic mass is 9.81. The summed E-state index contributed by atoms with van der Waals surface area (Å²) >= 11 is 0. The highest BCUT2D eigenvalue weighted by molar-refractivity contribution is 5.99. The molecule has 0 bridgehead atoms. The molecule has 8 heteroatoms. The minimum atomic E-state index is -0.624. The van der Waals surface area contributed by atoms with Crippen molar-refractivity contribution in [1.29, 1.82) is 0 Å². The van der Waals surface area contributed by atoms with Gasteiger partial charge in [0.05, 0.1) is 17.5 Å². The number of allylic oxidation sites excluding steroid dienone is 1. The molecular formula is C30H40N4O4. The van der Waals surface area contributed by atoms with E-state index in [0.29, 0.717) is 24.2 Å². The zero-order chi connectivity index (χ0) is 27.6. The van der Waals surface area contributed by atoms with Gasteiger partial charge >= 0.3 is 0 Å². The fraction of sp³-hybridized carbons (Fsp3) is 0.567. The summed E-state index contributed by atoms with van der Waals surface area (Å²) in [5.74, 6) is 1.21. The number of hydrogen-bond acceptors (Lipinski definition) is 6. The zero-order valence-electron chi connectivity index (χ0n) is 23.3. The maximum Gasteiger partial charge on any atom is 0.248 e. The molecule has 2 aliphatic heterocycles. The number of carbonyl (C=O) groups is 2. The molecule has 38 heavy (non-hydrogen) atoms. The van der Waals surface area contributed by atoms with Crippen LogP contribution in [0.5, 0.6) is 5.75 Å². The summed E-state index contributed by atoms with van der Waals surface area (Å²) in [5, 5.41) is 0. The van der Waals surface area contributed by atoms with Crippen LogP contribution in [0.2, 0.25) is 0 Å². The number of hydrogen-bond donors (Lipinski definition) is 2. The SMILES string of the molecule is CC[C@]1(C)CC(=O)N(C2C3CC(C(N)=O)=C(O[C@H]4C(C)c5ccccc5OC4(C)C)C=C3C[C@@H]2C)C(N)=N1. The predicted octanol–water partition coefficient (Wildman–Crippen LogP) is 4.16. The number of fused-ring (bicyclic) bond motifs is 2. The van der Waals surface area contributed by atoms with Gasteiger partial charge in [0.1, 0.15) is 23.2 Å². The number of benzene rings is 1. The quantitative estimate of drug-likeness (QED) is 0.604. The van der Waals surface area contributed by atoms with Crippen LogP contribution in [0.25, 0.3) is 0 Å². The van der Waals surface area contributed by atoms with Crippen molar-refractivity contribution in [3.05, 3.63) is 52.8 Å². The van der Waals surface area contributed by atoms with Gasteiger partial charge in [-0.25, -0.2) is 4.99 Å². The van der Waals surface area contributed by atoms with Gasteiger partial charge in [0, 0.05) is 23.4 Å². The van der Waals surface area contributed by atoms with Gasteiger partial charge in [0.25, 0.3) is 0 Å². The highest BCUT2D eigenvalue weighted by Gasteiger charge is 2.50. The Morgan fingerprint density at radius 2 is 1.92 bits per heavy atom. The molecule has 0 spiro atoms. The second kappa shape index (κ2) is 9.17. The molecule has 1 saturated carbocycles. The van der Waals surface area contributed by atoms with E-state index >= 15 is 0 Å². The topological polar surface area (TPSA) is 120 Å². The Morgan fingerprint density at radius 1 is 1.21 bits per heavy atom. The van der Waals surface area contributed by atoms with Crippen molar-refractivity contribution in [3.63, 3.8) is 0 Å². The van der Waals surface area contributed by atoms with Gasteiger partial charge < -0.3 is 20.9 Å². The summed E-state index contributed by atoms with van der Waals surface area (Å²) in [6, 6.07) is 7.81. The van der Waals surface area contributed by atoms with Crippen molar-refractivity contribution < 1.29 is 19.1 Å². The molecule has 2 aliphatic carbocycles. The number of aliphatic imine (C=N–C) groups is 1. The minimum Gasteiger partial charge on any atom is -0.485 e. The van der Waals surface area contributed by atoms with Crippen LogP contribution >= 0.6 is 0 Å². The Balaban J connectivity index is 1.47. The number of para-hydroxylation sites is 1. The van der Waals surface area contributed by atoms with Crippen molar-refractivity contribution in [3.8, 4) is 5.75 Å². The molecule has 8 nitrogen and oxygen atoms in total. The first kappa shape index (κ1) is 26.3. The lowest BCUT2D eigenvalue weighted by Crippen LogP contribution is -2.57. The highest BCUT2D eigenvalue weighted by Crippen LogP contribution is 2.49. The standard InChI is InChI=1S/C30H40N4O4/c1-7-30(6)15-24(35)34(28(32)33-30)25-16(2)12-18-13-23(21(27(31)36)14-20(18)25)37-26-17(3)19-10-8-9-11-22(19)38-29(26,4)5/h8-11,13,16-17,20,25-26H,7,12,14-15H2,1-6H3,(H2,31,36)(H2,32,33)/t16-,17?,20?,25?,26-,30+/m0/s1. The van der Waals surface area contributed by atoms with E-state index in [1.54, 1.807) is 4.90 Å². The van der Waals surface area contributed by atoms with Crippen LogP contribution in [0.1, 0.15) is 78.7 Å². The molecule has 5 rings (SSSR count). The number of nitrogens with zero attached hydrogens (tertiary/aromatic N) is 2. The molecule has 2 amide bonds. The van der Waals surface area contributed by atoms with Gasteiger partial charge in [-0.05, 0) is 58.1 Å². The summed E-state index contributed by atoms with van der Waals surface area (Å²) in [7, 11) is 0. The van der Waals surface area contributed by atoms with Crippen molar-refractivity contribution >= 4 is 17.8 Å². The van der Waals surface area contributed by atoms with Gasteiger partial charge in [0.15, 0.2) is 5.96 Å². The molecule has 4 N–H and O–H groups in total. The Labute approximate surface area is 225 Å². The average molecular weight is 521 g/mol. The van der Waals surface area contributed by atoms with Crippen LogP contribution in [-0.2, 0) is 14.3 Å². The van der Waals surface area contributed by atoms with Crippen LogP contribution in [-0.4, -0.2) is 46.0 Å². The Kier molecular flexibility index (Phi) is 6.35. The lowest BCUT2D eigenvalue weighted by molar-refractivity contribution is -0.132. The molecule has 204 valence electrons. The summed E-state index contributed by atoms with van der Waals surface area (Å²) in [5.41, 5.74) is 13.9. The molecule has 1 aromatic carbocycles. The normalized spacial score (nSPS) is 34.1. The van der Waals surface area contributed by atoms with Crippen molar-refractivity contribution in [2.75, 3.05) is 0 Å². The number of primary amides is 1. The van der Waals surface area contributed by atoms with Gasteiger partial charge in [-0.2, -0.15) is 0 Å². The Hall–Kier alpha value is -3.29. The Morgan fingerprint density at radius 3 is 2.58 bits per heavy atom. The molecular weight excluding hydrogens is 480 g/mol. The van der Waals surface area contributed by atoms with E-state index in [0.717, 1.165) is 29.7 Å². The third-order valence-corrected chi connectivity index (χ3v) is 9.03.